The number of halogens is 2. The van der Waals surface area contributed by atoms with Crippen LogP contribution < -0.4 is 5.32 Å². The highest BCUT2D eigenvalue weighted by Crippen LogP contribution is 2.16. The molecule has 0 saturated heterocycles. The van der Waals surface area contributed by atoms with Crippen molar-refractivity contribution in [3.8, 4) is 0 Å². The van der Waals surface area contributed by atoms with Gasteiger partial charge in [0.1, 0.15) is 10.4 Å². The summed E-state index contributed by atoms with van der Waals surface area (Å²) in [6.07, 6.45) is 2.94. The molecule has 2 aromatic rings. The molecule has 0 radical (unpaired) electrons. The molecule has 6 heteroatoms. The topological polar surface area (TPSA) is 54.9 Å². The second-order valence-electron chi connectivity index (χ2n) is 3.16. The second kappa shape index (κ2) is 5.25. The summed E-state index contributed by atoms with van der Waals surface area (Å²) in [7, 11) is 0. The summed E-state index contributed by atoms with van der Waals surface area (Å²) in [6.45, 7) is 0. The molecule has 2 aromatic heterocycles. The fraction of sp³-hybridized carbons (Fsp3) is 0. The minimum atomic E-state index is -0.339. The van der Waals surface area contributed by atoms with E-state index in [1.54, 1.807) is 24.3 Å². The number of aromatic nitrogens is 2. The predicted octanol–water partition coefficient (Wildman–Crippen LogP) is 3.14. The SMILES string of the molecule is O=C(Nc1cccc(Br)n1)c1cnccc1Cl. The number of amides is 1. The molecule has 0 aliphatic heterocycles. The van der Waals surface area contributed by atoms with E-state index in [-0.39, 0.29) is 5.91 Å². The maximum absolute atomic E-state index is 11.9. The second-order valence-corrected chi connectivity index (χ2v) is 4.37. The Bertz CT molecular complexity index is 562. The number of rotatable bonds is 2. The smallest absolute Gasteiger partial charge is 0.259 e. The Kier molecular flexibility index (Phi) is 3.71. The van der Waals surface area contributed by atoms with Gasteiger partial charge in [-0.3, -0.25) is 9.78 Å². The maximum atomic E-state index is 11.9. The molecule has 0 saturated carbocycles. The number of hydrogen-bond acceptors (Lipinski definition) is 3. The lowest BCUT2D eigenvalue weighted by atomic mass is 10.2. The number of carbonyl (C=O) groups is 1. The molecule has 0 unspecified atom stereocenters. The third-order valence-electron chi connectivity index (χ3n) is 1.97. The lowest BCUT2D eigenvalue weighted by Crippen LogP contribution is -2.13. The number of anilines is 1. The standard InChI is InChI=1S/C11H7BrClN3O/c12-9-2-1-3-10(15-9)16-11(17)7-6-14-5-4-8(7)13/h1-6H,(H,15,16,17). The Morgan fingerprint density at radius 3 is 2.88 bits per heavy atom. The Hall–Kier alpha value is -1.46. The average Bonchev–Trinajstić information content (AvgIpc) is 2.29. The van der Waals surface area contributed by atoms with Gasteiger partial charge >= 0.3 is 0 Å². The summed E-state index contributed by atoms with van der Waals surface area (Å²) in [4.78, 5) is 19.8. The van der Waals surface area contributed by atoms with Crippen molar-refractivity contribution in [2.45, 2.75) is 0 Å². The Morgan fingerprint density at radius 2 is 2.18 bits per heavy atom. The molecule has 86 valence electrons. The summed E-state index contributed by atoms with van der Waals surface area (Å²) >= 11 is 9.11. The zero-order valence-electron chi connectivity index (χ0n) is 8.52. The van der Waals surface area contributed by atoms with Crippen LogP contribution in [-0.2, 0) is 0 Å². The first kappa shape index (κ1) is 12.0. The molecule has 0 aliphatic carbocycles. The van der Waals surface area contributed by atoms with E-state index in [2.05, 4.69) is 31.2 Å². The quantitative estimate of drug-likeness (QED) is 0.867. The van der Waals surface area contributed by atoms with E-state index in [4.69, 9.17) is 11.6 Å². The monoisotopic (exact) mass is 311 g/mol. The van der Waals surface area contributed by atoms with E-state index >= 15 is 0 Å². The van der Waals surface area contributed by atoms with Crippen LogP contribution in [0.5, 0.6) is 0 Å². The van der Waals surface area contributed by atoms with Crippen molar-refractivity contribution < 1.29 is 4.79 Å². The van der Waals surface area contributed by atoms with Gasteiger partial charge < -0.3 is 5.32 Å². The number of hydrogen-bond donors (Lipinski definition) is 1. The largest absolute Gasteiger partial charge is 0.306 e. The third-order valence-corrected chi connectivity index (χ3v) is 2.74. The van der Waals surface area contributed by atoms with E-state index in [9.17, 15) is 4.79 Å². The van der Waals surface area contributed by atoms with Crippen LogP contribution in [0.15, 0.2) is 41.3 Å². The van der Waals surface area contributed by atoms with Gasteiger partial charge in [0.15, 0.2) is 0 Å². The summed E-state index contributed by atoms with van der Waals surface area (Å²) in [5.41, 5.74) is 0.316. The van der Waals surface area contributed by atoms with Gasteiger partial charge in [0, 0.05) is 12.4 Å². The van der Waals surface area contributed by atoms with E-state index in [1.807, 2.05) is 0 Å². The van der Waals surface area contributed by atoms with Crippen LogP contribution in [0.3, 0.4) is 0 Å². The van der Waals surface area contributed by atoms with Crippen LogP contribution in [0.1, 0.15) is 10.4 Å². The summed E-state index contributed by atoms with van der Waals surface area (Å²) in [6, 6.07) is 6.79. The molecule has 1 N–H and O–H groups in total. The maximum Gasteiger partial charge on any atom is 0.259 e. The van der Waals surface area contributed by atoms with E-state index in [0.717, 1.165) is 0 Å². The summed E-state index contributed by atoms with van der Waals surface area (Å²) in [5.74, 6) is 0.109. The van der Waals surface area contributed by atoms with E-state index in [0.29, 0.717) is 21.0 Å². The minimum Gasteiger partial charge on any atom is -0.306 e. The first-order chi connectivity index (χ1) is 8.16. The fourth-order valence-electron chi connectivity index (χ4n) is 1.21. The lowest BCUT2D eigenvalue weighted by Gasteiger charge is -2.05. The van der Waals surface area contributed by atoms with Crippen LogP contribution >= 0.6 is 27.5 Å². The molecule has 17 heavy (non-hydrogen) atoms. The predicted molar refractivity (Wildman–Crippen MR) is 69.1 cm³/mol. The van der Waals surface area contributed by atoms with Crippen molar-refractivity contribution in [2.75, 3.05) is 5.32 Å². The van der Waals surface area contributed by atoms with Crippen molar-refractivity contribution in [1.29, 1.82) is 0 Å². The van der Waals surface area contributed by atoms with Crippen molar-refractivity contribution in [2.24, 2.45) is 0 Å². The highest BCUT2D eigenvalue weighted by atomic mass is 79.9. The van der Waals surface area contributed by atoms with Gasteiger partial charge in [-0.05, 0) is 34.1 Å². The Labute approximate surface area is 111 Å². The normalized spacial score (nSPS) is 10.0. The molecular formula is C11H7BrClN3O. The molecular weight excluding hydrogens is 305 g/mol. The van der Waals surface area contributed by atoms with Crippen molar-refractivity contribution in [3.05, 3.63) is 51.8 Å². The van der Waals surface area contributed by atoms with Crippen LogP contribution in [0.2, 0.25) is 5.02 Å². The van der Waals surface area contributed by atoms with Gasteiger partial charge in [-0.1, -0.05) is 17.7 Å². The highest BCUT2D eigenvalue weighted by Gasteiger charge is 2.10. The molecule has 1 amide bonds. The van der Waals surface area contributed by atoms with Gasteiger partial charge in [-0.15, -0.1) is 0 Å². The molecule has 2 heterocycles. The van der Waals surface area contributed by atoms with E-state index < -0.39 is 0 Å². The van der Waals surface area contributed by atoms with Crippen LogP contribution in [0.25, 0.3) is 0 Å². The molecule has 0 aromatic carbocycles. The number of pyridine rings is 2. The molecule has 0 spiro atoms. The van der Waals surface area contributed by atoms with Gasteiger partial charge in [-0.2, -0.15) is 0 Å². The number of carbonyl (C=O) groups excluding carboxylic acids is 1. The summed E-state index contributed by atoms with van der Waals surface area (Å²) in [5, 5.41) is 2.99. The van der Waals surface area contributed by atoms with Crippen molar-refractivity contribution >= 4 is 39.3 Å². The van der Waals surface area contributed by atoms with Crippen LogP contribution in [-0.4, -0.2) is 15.9 Å². The van der Waals surface area contributed by atoms with Gasteiger partial charge in [0.05, 0.1) is 10.6 Å². The van der Waals surface area contributed by atoms with Crippen LogP contribution in [0, 0.1) is 0 Å². The third kappa shape index (κ3) is 3.01. The summed E-state index contributed by atoms with van der Waals surface area (Å²) < 4.78 is 0.646. The van der Waals surface area contributed by atoms with Gasteiger partial charge in [0.25, 0.3) is 5.91 Å². The molecule has 4 nitrogen and oxygen atoms in total. The number of nitrogens with one attached hydrogen (secondary N) is 1. The molecule has 0 fully saturated rings. The molecule has 0 aliphatic rings. The minimum absolute atomic E-state index is 0.316. The van der Waals surface area contributed by atoms with Gasteiger partial charge in [0.2, 0.25) is 0 Å². The van der Waals surface area contributed by atoms with Crippen LogP contribution in [0.4, 0.5) is 5.82 Å². The first-order valence-corrected chi connectivity index (χ1v) is 5.87. The lowest BCUT2D eigenvalue weighted by molar-refractivity contribution is 0.102. The Balaban J connectivity index is 2.20. The highest BCUT2D eigenvalue weighted by molar-refractivity contribution is 9.10. The average molecular weight is 313 g/mol. The first-order valence-electron chi connectivity index (χ1n) is 4.70. The zero-order chi connectivity index (χ0) is 12.3. The fourth-order valence-corrected chi connectivity index (χ4v) is 1.74. The van der Waals surface area contributed by atoms with Crippen molar-refractivity contribution in [1.82, 2.24) is 9.97 Å². The number of nitrogens with zero attached hydrogens (tertiary/aromatic N) is 2. The molecule has 0 bridgehead atoms. The van der Waals surface area contributed by atoms with E-state index in [1.165, 1.54) is 12.4 Å². The van der Waals surface area contributed by atoms with Crippen molar-refractivity contribution in [3.63, 3.8) is 0 Å². The van der Waals surface area contributed by atoms with Gasteiger partial charge in [-0.25, -0.2) is 4.98 Å². The molecule has 2 rings (SSSR count). The molecule has 0 atom stereocenters. The zero-order valence-corrected chi connectivity index (χ0v) is 10.9. The Morgan fingerprint density at radius 1 is 1.35 bits per heavy atom.